The largest absolute Gasteiger partial charge is 0.343 e. The monoisotopic (exact) mass is 290 g/mol. The fourth-order valence-corrected chi connectivity index (χ4v) is 2.98. The summed E-state index contributed by atoms with van der Waals surface area (Å²) in [6.45, 7) is 8.60. The van der Waals surface area contributed by atoms with Gasteiger partial charge in [0.1, 0.15) is 5.82 Å². The molecule has 0 amide bonds. The van der Waals surface area contributed by atoms with Crippen LogP contribution in [-0.2, 0) is 5.41 Å². The number of nitrogens with zero attached hydrogens (tertiary/aromatic N) is 4. The lowest BCUT2D eigenvalue weighted by Gasteiger charge is -2.26. The van der Waals surface area contributed by atoms with E-state index in [4.69, 9.17) is 4.98 Å². The summed E-state index contributed by atoms with van der Waals surface area (Å²) in [5.74, 6) is 0.911. The third-order valence-electron chi connectivity index (χ3n) is 3.33. The van der Waals surface area contributed by atoms with Crippen molar-refractivity contribution in [1.29, 1.82) is 0 Å². The third kappa shape index (κ3) is 3.15. The Kier molecular flexibility index (Phi) is 4.38. The molecule has 1 unspecified atom stereocenters. The molecule has 2 rings (SSSR count). The second-order valence-corrected chi connectivity index (χ2v) is 6.70. The van der Waals surface area contributed by atoms with Gasteiger partial charge in [-0.15, -0.1) is 0 Å². The highest BCUT2D eigenvalue weighted by atomic mass is 32.1. The first-order valence-corrected chi connectivity index (χ1v) is 7.67. The van der Waals surface area contributed by atoms with Crippen molar-refractivity contribution in [3.63, 3.8) is 0 Å². The second kappa shape index (κ2) is 5.87. The van der Waals surface area contributed by atoms with Crippen LogP contribution in [0.25, 0.3) is 0 Å². The van der Waals surface area contributed by atoms with Crippen molar-refractivity contribution in [3.05, 3.63) is 35.9 Å². The molecule has 0 N–H and O–H groups in total. The molecule has 2 aromatic heterocycles. The van der Waals surface area contributed by atoms with Gasteiger partial charge in [0.2, 0.25) is 5.13 Å². The smallest absolute Gasteiger partial charge is 0.205 e. The Morgan fingerprint density at radius 2 is 1.90 bits per heavy atom. The average molecular weight is 290 g/mol. The van der Waals surface area contributed by atoms with E-state index in [1.165, 1.54) is 17.1 Å². The van der Waals surface area contributed by atoms with Crippen molar-refractivity contribution < 1.29 is 0 Å². The molecular formula is C15H22N4S. The van der Waals surface area contributed by atoms with Gasteiger partial charge in [-0.1, -0.05) is 27.7 Å². The maximum absolute atomic E-state index is 4.69. The van der Waals surface area contributed by atoms with Gasteiger partial charge in [-0.3, -0.25) is 4.98 Å². The molecule has 0 aliphatic carbocycles. The third-order valence-corrected chi connectivity index (χ3v) is 4.14. The van der Waals surface area contributed by atoms with Gasteiger partial charge in [-0.25, -0.2) is 4.98 Å². The van der Waals surface area contributed by atoms with Crippen LogP contribution in [0.2, 0.25) is 0 Å². The summed E-state index contributed by atoms with van der Waals surface area (Å²) in [5, 5.41) is 0.971. The Bertz CT molecular complexity index is 545. The van der Waals surface area contributed by atoms with Crippen molar-refractivity contribution in [2.45, 2.75) is 45.6 Å². The molecule has 1 atom stereocenters. The van der Waals surface area contributed by atoms with Crippen molar-refractivity contribution in [3.8, 4) is 0 Å². The molecule has 0 bridgehead atoms. The molecule has 2 aromatic rings. The molecule has 0 aliphatic rings. The van der Waals surface area contributed by atoms with Crippen LogP contribution in [0.3, 0.4) is 0 Å². The topological polar surface area (TPSA) is 41.9 Å². The standard InChI is InChI=1S/C15H22N4S/c1-6-12(11-7-9-16-10-8-11)19(5)14-17-13(18-20-14)15(2,3)4/h7-10,12H,6H2,1-5H3. The predicted octanol–water partition coefficient (Wildman–Crippen LogP) is 3.82. The van der Waals surface area contributed by atoms with Crippen LogP contribution in [0.5, 0.6) is 0 Å². The average Bonchev–Trinajstić information content (AvgIpc) is 2.90. The SMILES string of the molecule is CCC(c1ccncc1)N(C)c1nc(C(C)(C)C)ns1. The fourth-order valence-electron chi connectivity index (χ4n) is 2.12. The number of pyridine rings is 1. The Balaban J connectivity index is 2.25. The summed E-state index contributed by atoms with van der Waals surface area (Å²) in [5.41, 5.74) is 1.26. The lowest BCUT2D eigenvalue weighted by Crippen LogP contribution is -2.24. The molecule has 0 fully saturated rings. The molecular weight excluding hydrogens is 268 g/mol. The molecule has 0 radical (unpaired) electrons. The molecule has 108 valence electrons. The molecule has 0 spiro atoms. The molecule has 5 heteroatoms. The van der Waals surface area contributed by atoms with E-state index in [1.54, 1.807) is 0 Å². The van der Waals surface area contributed by atoms with Crippen LogP contribution < -0.4 is 4.90 Å². The van der Waals surface area contributed by atoms with E-state index in [0.717, 1.165) is 17.4 Å². The molecule has 0 saturated carbocycles. The van der Waals surface area contributed by atoms with Gasteiger partial charge in [0.15, 0.2) is 0 Å². The number of aromatic nitrogens is 3. The van der Waals surface area contributed by atoms with Crippen LogP contribution in [0.4, 0.5) is 5.13 Å². The second-order valence-electron chi connectivity index (χ2n) is 5.97. The Labute approximate surface area is 125 Å². The van der Waals surface area contributed by atoms with Gasteiger partial charge in [-0.05, 0) is 24.1 Å². The van der Waals surface area contributed by atoms with E-state index in [1.807, 2.05) is 12.4 Å². The van der Waals surface area contributed by atoms with E-state index < -0.39 is 0 Å². The van der Waals surface area contributed by atoms with Gasteiger partial charge in [0.05, 0.1) is 6.04 Å². The Hall–Kier alpha value is -1.49. The predicted molar refractivity (Wildman–Crippen MR) is 84.3 cm³/mol. The van der Waals surface area contributed by atoms with Crippen molar-refractivity contribution >= 4 is 16.7 Å². The van der Waals surface area contributed by atoms with E-state index >= 15 is 0 Å². The number of anilines is 1. The molecule has 0 aromatic carbocycles. The minimum atomic E-state index is -0.00598. The van der Waals surface area contributed by atoms with Crippen molar-refractivity contribution in [2.75, 3.05) is 11.9 Å². The first-order valence-electron chi connectivity index (χ1n) is 6.90. The minimum absolute atomic E-state index is 0.00598. The highest BCUT2D eigenvalue weighted by Crippen LogP contribution is 2.31. The highest BCUT2D eigenvalue weighted by molar-refractivity contribution is 7.09. The molecule has 0 aliphatic heterocycles. The van der Waals surface area contributed by atoms with E-state index in [2.05, 4.69) is 61.1 Å². The van der Waals surface area contributed by atoms with Crippen LogP contribution in [-0.4, -0.2) is 21.4 Å². The lowest BCUT2D eigenvalue weighted by atomic mass is 9.96. The lowest BCUT2D eigenvalue weighted by molar-refractivity contribution is 0.552. The summed E-state index contributed by atoms with van der Waals surface area (Å²) >= 11 is 1.47. The Morgan fingerprint density at radius 3 is 2.40 bits per heavy atom. The minimum Gasteiger partial charge on any atom is -0.343 e. The van der Waals surface area contributed by atoms with Crippen LogP contribution in [0.15, 0.2) is 24.5 Å². The van der Waals surface area contributed by atoms with Crippen LogP contribution in [0, 0.1) is 0 Å². The maximum atomic E-state index is 4.69. The van der Waals surface area contributed by atoms with Gasteiger partial charge >= 0.3 is 0 Å². The van der Waals surface area contributed by atoms with Crippen molar-refractivity contribution in [2.24, 2.45) is 0 Å². The molecule has 2 heterocycles. The van der Waals surface area contributed by atoms with Gasteiger partial charge in [0, 0.05) is 36.4 Å². The zero-order valence-corrected chi connectivity index (χ0v) is 13.6. The first kappa shape index (κ1) is 14.9. The van der Waals surface area contributed by atoms with Crippen LogP contribution in [0.1, 0.15) is 51.5 Å². The highest BCUT2D eigenvalue weighted by Gasteiger charge is 2.23. The fraction of sp³-hybridized carbons (Fsp3) is 0.533. The van der Waals surface area contributed by atoms with Gasteiger partial charge < -0.3 is 4.90 Å². The van der Waals surface area contributed by atoms with E-state index in [-0.39, 0.29) is 5.41 Å². The van der Waals surface area contributed by atoms with Crippen LogP contribution >= 0.6 is 11.5 Å². The number of hydrogen-bond acceptors (Lipinski definition) is 5. The molecule has 0 saturated heterocycles. The van der Waals surface area contributed by atoms with Gasteiger partial charge in [-0.2, -0.15) is 4.37 Å². The number of hydrogen-bond donors (Lipinski definition) is 0. The maximum Gasteiger partial charge on any atom is 0.205 e. The first-order chi connectivity index (χ1) is 9.43. The molecule has 4 nitrogen and oxygen atoms in total. The summed E-state index contributed by atoms with van der Waals surface area (Å²) in [7, 11) is 2.08. The summed E-state index contributed by atoms with van der Waals surface area (Å²) in [4.78, 5) is 11.0. The van der Waals surface area contributed by atoms with Crippen molar-refractivity contribution in [1.82, 2.24) is 14.3 Å². The van der Waals surface area contributed by atoms with E-state index in [0.29, 0.717) is 6.04 Å². The van der Waals surface area contributed by atoms with E-state index in [9.17, 15) is 0 Å². The quantitative estimate of drug-likeness (QED) is 0.858. The number of rotatable bonds is 4. The summed E-state index contributed by atoms with van der Waals surface area (Å²) in [6, 6.07) is 4.44. The zero-order chi connectivity index (χ0) is 14.8. The summed E-state index contributed by atoms with van der Waals surface area (Å²) < 4.78 is 4.50. The summed E-state index contributed by atoms with van der Waals surface area (Å²) in [6.07, 6.45) is 4.70. The Morgan fingerprint density at radius 1 is 1.25 bits per heavy atom. The zero-order valence-electron chi connectivity index (χ0n) is 12.8. The normalized spacial score (nSPS) is 13.2. The van der Waals surface area contributed by atoms with Gasteiger partial charge in [0.25, 0.3) is 0 Å². The molecule has 20 heavy (non-hydrogen) atoms.